The number of aromatic nitrogens is 2. The molecule has 154 valence electrons. The maximum absolute atomic E-state index is 12.6. The minimum Gasteiger partial charge on any atom is -0.466 e. The van der Waals surface area contributed by atoms with Gasteiger partial charge in [-0.2, -0.15) is 11.8 Å². The summed E-state index contributed by atoms with van der Waals surface area (Å²) in [6.07, 6.45) is 4.83. The van der Waals surface area contributed by atoms with Crippen molar-refractivity contribution in [1.29, 1.82) is 0 Å². The van der Waals surface area contributed by atoms with Crippen molar-refractivity contribution >= 4 is 39.2 Å². The van der Waals surface area contributed by atoms with Gasteiger partial charge in [0, 0.05) is 29.2 Å². The third kappa shape index (κ3) is 4.59. The third-order valence-electron chi connectivity index (χ3n) is 5.21. The molecule has 0 aliphatic heterocycles. The minimum absolute atomic E-state index is 0.0126. The van der Waals surface area contributed by atoms with Crippen LogP contribution in [0.4, 0.5) is 0 Å². The fraction of sp³-hybridized carbons (Fsp3) is 0.476. The monoisotopic (exact) mass is 431 g/mol. The number of rotatable bonds is 7. The fourth-order valence-electron chi connectivity index (χ4n) is 3.75. The van der Waals surface area contributed by atoms with Crippen molar-refractivity contribution in [2.75, 3.05) is 5.75 Å². The van der Waals surface area contributed by atoms with Crippen molar-refractivity contribution in [3.05, 3.63) is 49.8 Å². The second kappa shape index (κ2) is 8.75. The van der Waals surface area contributed by atoms with E-state index in [4.69, 9.17) is 4.42 Å². The number of thioether (sulfide) groups is 1. The second-order valence-electron chi connectivity index (χ2n) is 7.42. The highest BCUT2D eigenvalue weighted by Crippen LogP contribution is 2.33. The highest BCUT2D eigenvalue weighted by molar-refractivity contribution is 7.98. The Morgan fingerprint density at radius 2 is 2.17 bits per heavy atom. The highest BCUT2D eigenvalue weighted by Gasteiger charge is 2.19. The minimum atomic E-state index is -0.0199. The molecule has 0 aromatic carbocycles. The van der Waals surface area contributed by atoms with Crippen LogP contribution in [0.2, 0.25) is 0 Å². The van der Waals surface area contributed by atoms with Crippen LogP contribution in [0.1, 0.15) is 52.6 Å². The van der Waals surface area contributed by atoms with Gasteiger partial charge >= 0.3 is 0 Å². The molecular formula is C21H25N3O3S2. The molecule has 3 heterocycles. The summed E-state index contributed by atoms with van der Waals surface area (Å²) in [5.41, 5.74) is 2.20. The van der Waals surface area contributed by atoms with Crippen molar-refractivity contribution in [2.45, 2.75) is 58.2 Å². The average molecular weight is 432 g/mol. The van der Waals surface area contributed by atoms with E-state index in [9.17, 15) is 9.59 Å². The van der Waals surface area contributed by atoms with Crippen molar-refractivity contribution in [1.82, 2.24) is 15.3 Å². The second-order valence-corrected chi connectivity index (χ2v) is 9.61. The van der Waals surface area contributed by atoms with Gasteiger partial charge in [0.1, 0.15) is 22.2 Å². The summed E-state index contributed by atoms with van der Waals surface area (Å²) in [7, 11) is 0. The van der Waals surface area contributed by atoms with E-state index in [0.717, 1.165) is 46.6 Å². The number of nitrogens with one attached hydrogen (secondary N) is 2. The van der Waals surface area contributed by atoms with Crippen LogP contribution in [-0.4, -0.2) is 21.6 Å². The average Bonchev–Trinajstić information content (AvgIpc) is 3.22. The molecule has 1 aliphatic carbocycles. The number of hydrogen-bond acceptors (Lipinski definition) is 6. The fourth-order valence-corrected chi connectivity index (χ4v) is 5.84. The Labute approximate surface area is 177 Å². The molecule has 0 saturated carbocycles. The first-order valence-corrected chi connectivity index (χ1v) is 11.9. The van der Waals surface area contributed by atoms with E-state index < -0.39 is 0 Å². The summed E-state index contributed by atoms with van der Waals surface area (Å²) in [6, 6.07) is 1.95. The van der Waals surface area contributed by atoms with Crippen molar-refractivity contribution in [3.8, 4) is 0 Å². The van der Waals surface area contributed by atoms with Crippen molar-refractivity contribution in [2.24, 2.45) is 0 Å². The lowest BCUT2D eigenvalue weighted by atomic mass is 9.97. The Bertz CT molecular complexity index is 1100. The van der Waals surface area contributed by atoms with Crippen LogP contribution >= 0.6 is 23.1 Å². The van der Waals surface area contributed by atoms with Crippen LogP contribution in [0, 0.1) is 13.8 Å². The molecule has 2 N–H and O–H groups in total. The summed E-state index contributed by atoms with van der Waals surface area (Å²) in [6.45, 7) is 4.29. The standard InChI is InChI=1S/C21H25N3O3S2/c1-12-9-14(13(2)27-12)10-22-18(25)7-8-28-11-17-23-20(26)19-15-5-3-4-6-16(15)29-21(19)24-17/h9H,3-8,10-11H2,1-2H3,(H,22,25)(H,23,24,26). The SMILES string of the molecule is Cc1cc(CNC(=O)CCSCc2nc3sc4c(c3c(=O)[nH]2)CCCC4)c(C)o1. The number of carbonyl (C=O) groups excluding carboxylic acids is 1. The Kier molecular flexibility index (Phi) is 6.10. The first-order valence-electron chi connectivity index (χ1n) is 9.95. The normalized spacial score (nSPS) is 13.6. The van der Waals surface area contributed by atoms with E-state index in [0.29, 0.717) is 30.3 Å². The van der Waals surface area contributed by atoms with Gasteiger partial charge in [0.15, 0.2) is 0 Å². The molecule has 1 aliphatic rings. The molecule has 0 atom stereocenters. The summed E-state index contributed by atoms with van der Waals surface area (Å²) in [5, 5.41) is 3.72. The number of aromatic amines is 1. The molecule has 0 saturated heterocycles. The Morgan fingerprint density at radius 3 is 2.97 bits per heavy atom. The van der Waals surface area contributed by atoms with E-state index in [1.807, 2.05) is 19.9 Å². The van der Waals surface area contributed by atoms with Crippen LogP contribution in [0.25, 0.3) is 10.2 Å². The lowest BCUT2D eigenvalue weighted by molar-refractivity contribution is -0.120. The van der Waals surface area contributed by atoms with E-state index >= 15 is 0 Å². The predicted octanol–water partition coefficient (Wildman–Crippen LogP) is 4.01. The summed E-state index contributed by atoms with van der Waals surface area (Å²) in [4.78, 5) is 34.4. The zero-order chi connectivity index (χ0) is 20.4. The molecule has 3 aromatic heterocycles. The Hall–Kier alpha value is -2.06. The van der Waals surface area contributed by atoms with Crippen LogP contribution in [-0.2, 0) is 29.9 Å². The van der Waals surface area contributed by atoms with Gasteiger partial charge in [-0.25, -0.2) is 4.98 Å². The van der Waals surface area contributed by atoms with E-state index in [-0.39, 0.29) is 11.5 Å². The number of carbonyl (C=O) groups is 1. The van der Waals surface area contributed by atoms with Crippen LogP contribution < -0.4 is 10.9 Å². The number of fused-ring (bicyclic) bond motifs is 3. The van der Waals surface area contributed by atoms with E-state index in [2.05, 4.69) is 15.3 Å². The largest absolute Gasteiger partial charge is 0.466 e. The zero-order valence-electron chi connectivity index (χ0n) is 16.7. The molecule has 0 unspecified atom stereocenters. The molecule has 29 heavy (non-hydrogen) atoms. The number of amides is 1. The molecule has 0 radical (unpaired) electrons. The third-order valence-corrected chi connectivity index (χ3v) is 7.36. The number of hydrogen-bond donors (Lipinski definition) is 2. The Balaban J connectivity index is 1.28. The van der Waals surface area contributed by atoms with Crippen LogP contribution in [0.3, 0.4) is 0 Å². The Morgan fingerprint density at radius 1 is 1.34 bits per heavy atom. The van der Waals surface area contributed by atoms with Crippen LogP contribution in [0.5, 0.6) is 0 Å². The number of furan rings is 1. The van der Waals surface area contributed by atoms with Gasteiger partial charge in [0.2, 0.25) is 5.91 Å². The van der Waals surface area contributed by atoms with Crippen molar-refractivity contribution in [3.63, 3.8) is 0 Å². The van der Waals surface area contributed by atoms with Gasteiger partial charge in [-0.1, -0.05) is 0 Å². The number of aryl methyl sites for hydroxylation is 4. The van der Waals surface area contributed by atoms with Gasteiger partial charge in [-0.3, -0.25) is 9.59 Å². The molecule has 0 spiro atoms. The predicted molar refractivity (Wildman–Crippen MR) is 118 cm³/mol. The number of H-pyrrole nitrogens is 1. The molecule has 6 nitrogen and oxygen atoms in total. The molecule has 0 bridgehead atoms. The number of nitrogens with zero attached hydrogens (tertiary/aromatic N) is 1. The zero-order valence-corrected chi connectivity index (χ0v) is 18.4. The summed E-state index contributed by atoms with van der Waals surface area (Å²) >= 11 is 3.28. The molecule has 1 amide bonds. The van der Waals surface area contributed by atoms with Gasteiger partial charge in [0.05, 0.1) is 11.1 Å². The topological polar surface area (TPSA) is 88.0 Å². The molecule has 4 rings (SSSR count). The quantitative estimate of drug-likeness (QED) is 0.552. The molecule has 8 heteroatoms. The van der Waals surface area contributed by atoms with Crippen LogP contribution in [0.15, 0.2) is 15.3 Å². The molecular weight excluding hydrogens is 406 g/mol. The lowest BCUT2D eigenvalue weighted by Gasteiger charge is -2.09. The maximum Gasteiger partial charge on any atom is 0.259 e. The molecule has 3 aromatic rings. The summed E-state index contributed by atoms with van der Waals surface area (Å²) < 4.78 is 5.47. The summed E-state index contributed by atoms with van der Waals surface area (Å²) in [5.74, 6) is 3.68. The van der Waals surface area contributed by atoms with E-state index in [1.54, 1.807) is 23.1 Å². The number of thiophene rings is 1. The van der Waals surface area contributed by atoms with Gasteiger partial charge in [-0.15, -0.1) is 11.3 Å². The van der Waals surface area contributed by atoms with Crippen molar-refractivity contribution < 1.29 is 9.21 Å². The lowest BCUT2D eigenvalue weighted by Crippen LogP contribution is -2.23. The maximum atomic E-state index is 12.6. The highest BCUT2D eigenvalue weighted by atomic mass is 32.2. The van der Waals surface area contributed by atoms with Gasteiger partial charge in [-0.05, 0) is 51.2 Å². The smallest absolute Gasteiger partial charge is 0.259 e. The van der Waals surface area contributed by atoms with Gasteiger partial charge < -0.3 is 14.7 Å². The first kappa shape index (κ1) is 20.2. The van der Waals surface area contributed by atoms with E-state index in [1.165, 1.54) is 16.9 Å². The molecule has 0 fully saturated rings. The van der Waals surface area contributed by atoms with Gasteiger partial charge in [0.25, 0.3) is 5.56 Å². The first-order chi connectivity index (χ1) is 14.0.